The van der Waals surface area contributed by atoms with Crippen molar-refractivity contribution in [1.82, 2.24) is 4.90 Å². The summed E-state index contributed by atoms with van der Waals surface area (Å²) < 4.78 is 26.3. The van der Waals surface area contributed by atoms with Crippen LogP contribution in [-0.4, -0.2) is 51.8 Å². The number of likely N-dealkylation sites (N-methyl/N-ethyl adjacent to an activating group) is 1. The topological polar surface area (TPSA) is 98.1 Å². The SMILES string of the molecule is CCN1CC(O)(c2cccc(F)c2F)C1.O=C(O)/C=C/C(=O)O. The van der Waals surface area contributed by atoms with Crippen molar-refractivity contribution in [1.29, 1.82) is 0 Å². The molecule has 0 aliphatic carbocycles. The molecule has 3 N–H and O–H groups in total. The van der Waals surface area contributed by atoms with E-state index in [-0.39, 0.29) is 5.56 Å². The molecule has 0 spiro atoms. The van der Waals surface area contributed by atoms with Crippen LogP contribution in [0.3, 0.4) is 0 Å². The summed E-state index contributed by atoms with van der Waals surface area (Å²) in [5, 5.41) is 25.7. The number of nitrogens with zero attached hydrogens (tertiary/aromatic N) is 1. The number of likely N-dealkylation sites (tertiary alicyclic amines) is 1. The summed E-state index contributed by atoms with van der Waals surface area (Å²) in [6, 6.07) is 3.91. The van der Waals surface area contributed by atoms with E-state index in [9.17, 15) is 23.5 Å². The van der Waals surface area contributed by atoms with Gasteiger partial charge in [0.25, 0.3) is 0 Å². The summed E-state index contributed by atoms with van der Waals surface area (Å²) in [4.78, 5) is 21.1. The number of β-amino-alcohol motifs (C(OH)–C–C–N with tert-alkyl or cyclic N) is 1. The maximum Gasteiger partial charge on any atom is 0.328 e. The van der Waals surface area contributed by atoms with E-state index in [1.54, 1.807) is 0 Å². The second-order valence-electron chi connectivity index (χ2n) is 4.95. The molecule has 1 fully saturated rings. The summed E-state index contributed by atoms with van der Waals surface area (Å²) in [5.74, 6) is -4.36. The van der Waals surface area contributed by atoms with Gasteiger partial charge in [0.2, 0.25) is 0 Å². The fourth-order valence-corrected chi connectivity index (χ4v) is 2.09. The number of rotatable bonds is 4. The molecule has 1 aromatic rings. The Hall–Kier alpha value is -2.32. The number of aliphatic carboxylic acids is 2. The van der Waals surface area contributed by atoms with E-state index in [2.05, 4.69) is 0 Å². The van der Waals surface area contributed by atoms with Crippen molar-refractivity contribution in [2.24, 2.45) is 0 Å². The molecule has 1 saturated heterocycles. The molecule has 8 heteroatoms. The highest BCUT2D eigenvalue weighted by Crippen LogP contribution is 2.33. The highest BCUT2D eigenvalue weighted by atomic mass is 19.2. The Morgan fingerprint density at radius 2 is 1.74 bits per heavy atom. The Balaban J connectivity index is 0.000000284. The van der Waals surface area contributed by atoms with Crippen LogP contribution in [0.15, 0.2) is 30.4 Å². The number of carboxylic acids is 2. The zero-order chi connectivity index (χ0) is 17.6. The van der Waals surface area contributed by atoms with Gasteiger partial charge in [-0.25, -0.2) is 18.4 Å². The van der Waals surface area contributed by atoms with Gasteiger partial charge in [0, 0.05) is 30.8 Å². The quantitative estimate of drug-likeness (QED) is 0.718. The van der Waals surface area contributed by atoms with Crippen molar-refractivity contribution in [3.8, 4) is 0 Å². The first-order valence-corrected chi connectivity index (χ1v) is 6.72. The Bertz CT molecular complexity index is 596. The molecule has 23 heavy (non-hydrogen) atoms. The predicted octanol–water partition coefficient (Wildman–Crippen LogP) is 1.20. The Morgan fingerprint density at radius 1 is 1.22 bits per heavy atom. The number of aliphatic hydroxyl groups is 1. The molecule has 1 aliphatic heterocycles. The first-order chi connectivity index (χ1) is 10.7. The van der Waals surface area contributed by atoms with E-state index in [4.69, 9.17) is 10.2 Å². The van der Waals surface area contributed by atoms with Crippen LogP contribution in [-0.2, 0) is 15.2 Å². The molecule has 1 aromatic carbocycles. The van der Waals surface area contributed by atoms with Crippen molar-refractivity contribution in [3.05, 3.63) is 47.5 Å². The smallest absolute Gasteiger partial charge is 0.328 e. The molecule has 1 heterocycles. The normalized spacial score (nSPS) is 16.3. The van der Waals surface area contributed by atoms with Crippen molar-refractivity contribution in [2.75, 3.05) is 19.6 Å². The average molecular weight is 329 g/mol. The molecular weight excluding hydrogens is 312 g/mol. The van der Waals surface area contributed by atoms with E-state index < -0.39 is 29.2 Å². The fraction of sp³-hybridized carbons (Fsp3) is 0.333. The second kappa shape index (κ2) is 7.80. The van der Waals surface area contributed by atoms with Crippen molar-refractivity contribution in [3.63, 3.8) is 0 Å². The van der Waals surface area contributed by atoms with Crippen LogP contribution in [0.1, 0.15) is 12.5 Å². The molecule has 6 nitrogen and oxygen atoms in total. The first kappa shape index (κ1) is 18.7. The summed E-state index contributed by atoms with van der Waals surface area (Å²) in [6.07, 6.45) is 1.12. The van der Waals surface area contributed by atoms with Gasteiger partial charge in [-0.2, -0.15) is 0 Å². The molecule has 0 aromatic heterocycles. The van der Waals surface area contributed by atoms with Crippen molar-refractivity contribution >= 4 is 11.9 Å². The number of benzene rings is 1. The number of halogens is 2. The van der Waals surface area contributed by atoms with Crippen LogP contribution >= 0.6 is 0 Å². The van der Waals surface area contributed by atoms with Gasteiger partial charge in [0.05, 0.1) is 0 Å². The van der Waals surface area contributed by atoms with E-state index in [0.717, 1.165) is 12.6 Å². The van der Waals surface area contributed by atoms with Gasteiger partial charge in [-0.15, -0.1) is 0 Å². The van der Waals surface area contributed by atoms with E-state index in [0.29, 0.717) is 25.2 Å². The molecule has 0 saturated carbocycles. The highest BCUT2D eigenvalue weighted by Gasteiger charge is 2.43. The van der Waals surface area contributed by atoms with Crippen LogP contribution in [0, 0.1) is 11.6 Å². The third kappa shape index (κ3) is 5.11. The summed E-state index contributed by atoms with van der Waals surface area (Å²) in [7, 11) is 0. The highest BCUT2D eigenvalue weighted by molar-refractivity contribution is 5.89. The minimum atomic E-state index is -1.26. The number of hydrogen-bond acceptors (Lipinski definition) is 4. The van der Waals surface area contributed by atoms with Crippen LogP contribution in [0.4, 0.5) is 8.78 Å². The lowest BCUT2D eigenvalue weighted by atomic mass is 9.86. The fourth-order valence-electron chi connectivity index (χ4n) is 2.09. The maximum atomic E-state index is 13.4. The average Bonchev–Trinajstić information content (AvgIpc) is 2.45. The number of carboxylic acid groups (broad SMARTS) is 2. The van der Waals surface area contributed by atoms with Gasteiger partial charge in [0.15, 0.2) is 11.6 Å². The molecule has 0 radical (unpaired) electrons. The Kier molecular flexibility index (Phi) is 6.35. The lowest BCUT2D eigenvalue weighted by Crippen LogP contribution is -2.59. The zero-order valence-electron chi connectivity index (χ0n) is 12.4. The molecule has 0 atom stereocenters. The first-order valence-electron chi connectivity index (χ1n) is 6.72. The molecular formula is C15H17F2NO5. The minimum absolute atomic E-state index is 0.0622. The van der Waals surface area contributed by atoms with Crippen LogP contribution in [0.25, 0.3) is 0 Å². The van der Waals surface area contributed by atoms with Crippen LogP contribution in [0.2, 0.25) is 0 Å². The summed E-state index contributed by atoms with van der Waals surface area (Å²) in [6.45, 7) is 3.49. The standard InChI is InChI=1S/C11H13F2NO.C4H4O4/c1-2-14-6-11(15,7-14)8-4-3-5-9(12)10(8)13;5-3(6)1-2-4(7)8/h3-5,15H,2,6-7H2,1H3;1-2H,(H,5,6)(H,7,8)/b;2-1+. The predicted molar refractivity (Wildman–Crippen MR) is 76.8 cm³/mol. The van der Waals surface area contributed by atoms with Crippen molar-refractivity contribution < 1.29 is 33.7 Å². The van der Waals surface area contributed by atoms with Crippen molar-refractivity contribution in [2.45, 2.75) is 12.5 Å². The molecule has 0 unspecified atom stereocenters. The van der Waals surface area contributed by atoms with Gasteiger partial charge >= 0.3 is 11.9 Å². The lowest BCUT2D eigenvalue weighted by Gasteiger charge is -2.46. The number of hydrogen-bond donors (Lipinski definition) is 3. The third-order valence-electron chi connectivity index (χ3n) is 3.24. The largest absolute Gasteiger partial charge is 0.478 e. The molecule has 126 valence electrons. The molecule has 1 aliphatic rings. The van der Waals surface area contributed by atoms with E-state index in [1.165, 1.54) is 12.1 Å². The molecule has 2 rings (SSSR count). The Labute approximate surface area is 131 Å². The Morgan fingerprint density at radius 3 is 2.17 bits per heavy atom. The van der Waals surface area contributed by atoms with Gasteiger partial charge in [-0.3, -0.25) is 4.90 Å². The van der Waals surface area contributed by atoms with E-state index >= 15 is 0 Å². The van der Waals surface area contributed by atoms with Crippen LogP contribution < -0.4 is 0 Å². The van der Waals surface area contributed by atoms with E-state index in [1.807, 2.05) is 11.8 Å². The number of carbonyl (C=O) groups is 2. The lowest BCUT2D eigenvalue weighted by molar-refractivity contribution is -0.134. The third-order valence-corrected chi connectivity index (χ3v) is 3.24. The summed E-state index contributed by atoms with van der Waals surface area (Å²) in [5.41, 5.74) is -1.16. The molecule has 0 amide bonds. The summed E-state index contributed by atoms with van der Waals surface area (Å²) >= 11 is 0. The monoisotopic (exact) mass is 329 g/mol. The second-order valence-corrected chi connectivity index (χ2v) is 4.95. The van der Waals surface area contributed by atoms with Gasteiger partial charge in [0.1, 0.15) is 5.60 Å². The van der Waals surface area contributed by atoms with Gasteiger partial charge in [-0.1, -0.05) is 19.1 Å². The molecule has 0 bridgehead atoms. The van der Waals surface area contributed by atoms with Gasteiger partial charge < -0.3 is 15.3 Å². The van der Waals surface area contributed by atoms with Gasteiger partial charge in [-0.05, 0) is 12.6 Å². The maximum absolute atomic E-state index is 13.4. The minimum Gasteiger partial charge on any atom is -0.478 e. The zero-order valence-corrected chi connectivity index (χ0v) is 12.4. The van der Waals surface area contributed by atoms with Crippen LogP contribution in [0.5, 0.6) is 0 Å².